The maximum atomic E-state index is 12.0. The van der Waals surface area contributed by atoms with Crippen molar-refractivity contribution in [3.05, 3.63) is 58.6 Å². The molecule has 2 aromatic carbocycles. The Morgan fingerprint density at radius 3 is 2.07 bits per heavy atom. The van der Waals surface area contributed by atoms with Crippen molar-refractivity contribution >= 4 is 69.8 Å². The highest BCUT2D eigenvalue weighted by atomic mass is 35.5. The molecule has 11 heteroatoms. The fourth-order valence-electron chi connectivity index (χ4n) is 2.37. The van der Waals surface area contributed by atoms with E-state index in [1.165, 1.54) is 7.11 Å². The number of hydrogen-bond acceptors (Lipinski definition) is 4. The van der Waals surface area contributed by atoms with Crippen LogP contribution in [0.15, 0.2) is 42.5 Å². The number of amides is 2. The Labute approximate surface area is 198 Å². The minimum Gasteiger partial charge on any atom is -0.493 e. The summed E-state index contributed by atoms with van der Waals surface area (Å²) in [7, 11) is 1.48. The maximum Gasteiger partial charge on any atom is 0.255 e. The average molecular weight is 515 g/mol. The summed E-state index contributed by atoms with van der Waals surface area (Å²) in [5.74, 6) is -0.662. The predicted octanol–water partition coefficient (Wildman–Crippen LogP) is 4.77. The van der Waals surface area contributed by atoms with Gasteiger partial charge in [-0.05, 0) is 23.8 Å². The molecule has 0 fully saturated rings. The lowest BCUT2D eigenvalue weighted by Crippen LogP contribution is -2.44. The van der Waals surface area contributed by atoms with E-state index in [0.717, 1.165) is 5.56 Å². The minimum atomic E-state index is -1.35. The number of methoxy groups -OCH3 is 1. The molecule has 0 saturated heterocycles. The molecule has 0 spiro atoms. The van der Waals surface area contributed by atoms with Gasteiger partial charge in [0, 0.05) is 10.6 Å². The number of alkyl halides is 4. The average Bonchev–Trinajstić information content (AvgIpc) is 2.72. The van der Waals surface area contributed by atoms with Crippen molar-refractivity contribution < 1.29 is 19.1 Å². The van der Waals surface area contributed by atoms with Gasteiger partial charge in [-0.3, -0.25) is 9.59 Å². The van der Waals surface area contributed by atoms with E-state index in [0.29, 0.717) is 22.1 Å². The molecule has 0 bridgehead atoms. The molecule has 0 atom stereocenters. The third-order valence-corrected chi connectivity index (χ3v) is 4.99. The first-order valence-electron chi connectivity index (χ1n) is 8.44. The minimum absolute atomic E-state index is 0.166. The molecule has 2 N–H and O–H groups in total. The van der Waals surface area contributed by atoms with Crippen LogP contribution >= 0.6 is 58.0 Å². The first-order valence-corrected chi connectivity index (χ1v) is 10.6. The highest BCUT2D eigenvalue weighted by Crippen LogP contribution is 2.31. The summed E-state index contributed by atoms with van der Waals surface area (Å²) in [6.07, 6.45) is -1.03. The van der Waals surface area contributed by atoms with Crippen molar-refractivity contribution in [2.24, 2.45) is 0 Å². The monoisotopic (exact) mass is 512 g/mol. The molecule has 30 heavy (non-hydrogen) atoms. The van der Waals surface area contributed by atoms with Crippen molar-refractivity contribution in [3.8, 4) is 11.5 Å². The standard InChI is InChI=1S/C19H17Cl5N2O4/c1-29-13-7-6-10(8-14(13)30-9-11-4-2-3-5-12(11)20)17(25-18(27)15(21)22)26-19(28)16(23)24/h2-8,15-17H,9H2,1H3,(H,25,27)(H,26,28). The molecular formula is C19H17Cl5N2O4. The van der Waals surface area contributed by atoms with Crippen LogP contribution in [0.4, 0.5) is 0 Å². The molecule has 0 aliphatic carbocycles. The largest absolute Gasteiger partial charge is 0.493 e. The van der Waals surface area contributed by atoms with E-state index in [4.69, 9.17) is 67.5 Å². The van der Waals surface area contributed by atoms with E-state index < -0.39 is 27.7 Å². The molecule has 0 aliphatic rings. The molecule has 162 valence electrons. The zero-order chi connectivity index (χ0) is 22.3. The first-order chi connectivity index (χ1) is 14.2. The number of halogens is 5. The van der Waals surface area contributed by atoms with E-state index in [1.54, 1.807) is 24.3 Å². The van der Waals surface area contributed by atoms with Gasteiger partial charge in [-0.15, -0.1) is 0 Å². The highest BCUT2D eigenvalue weighted by molar-refractivity contribution is 6.54. The number of benzene rings is 2. The molecule has 0 heterocycles. The lowest BCUT2D eigenvalue weighted by Gasteiger charge is -2.22. The van der Waals surface area contributed by atoms with Gasteiger partial charge >= 0.3 is 0 Å². The van der Waals surface area contributed by atoms with Gasteiger partial charge in [-0.1, -0.05) is 82.3 Å². The number of rotatable bonds is 9. The van der Waals surface area contributed by atoms with Crippen LogP contribution in [0.25, 0.3) is 0 Å². The summed E-state index contributed by atoms with van der Waals surface area (Å²) in [5.41, 5.74) is 1.21. The number of hydrogen-bond donors (Lipinski definition) is 2. The van der Waals surface area contributed by atoms with E-state index in [-0.39, 0.29) is 6.61 Å². The van der Waals surface area contributed by atoms with Crippen LogP contribution in [-0.2, 0) is 16.2 Å². The summed E-state index contributed by atoms with van der Waals surface area (Å²) in [6.45, 7) is 0.166. The normalized spacial score (nSPS) is 11.0. The fraction of sp³-hybridized carbons (Fsp3) is 0.263. The van der Waals surface area contributed by atoms with Gasteiger partial charge in [-0.2, -0.15) is 0 Å². The molecular weight excluding hydrogens is 497 g/mol. The Hall–Kier alpha value is -1.57. The van der Waals surface area contributed by atoms with E-state index in [9.17, 15) is 9.59 Å². The van der Waals surface area contributed by atoms with Gasteiger partial charge in [0.05, 0.1) is 7.11 Å². The van der Waals surface area contributed by atoms with Gasteiger partial charge in [0.15, 0.2) is 21.2 Å². The Bertz CT molecular complexity index is 873. The second kappa shape index (κ2) is 11.7. The molecule has 0 radical (unpaired) electrons. The van der Waals surface area contributed by atoms with E-state index in [1.807, 2.05) is 18.2 Å². The molecule has 0 unspecified atom stereocenters. The lowest BCUT2D eigenvalue weighted by atomic mass is 10.1. The van der Waals surface area contributed by atoms with Crippen LogP contribution in [-0.4, -0.2) is 28.6 Å². The molecule has 2 rings (SSSR count). The van der Waals surface area contributed by atoms with Crippen molar-refractivity contribution in [2.75, 3.05) is 7.11 Å². The second-order valence-corrected chi connectivity index (χ2v) is 8.44. The van der Waals surface area contributed by atoms with Gasteiger partial charge < -0.3 is 20.1 Å². The fourth-order valence-corrected chi connectivity index (χ4v) is 2.81. The van der Waals surface area contributed by atoms with Crippen molar-refractivity contribution in [2.45, 2.75) is 22.4 Å². The van der Waals surface area contributed by atoms with Crippen molar-refractivity contribution in [3.63, 3.8) is 0 Å². The van der Waals surface area contributed by atoms with Crippen LogP contribution in [0, 0.1) is 0 Å². The quantitative estimate of drug-likeness (QED) is 0.374. The van der Waals surface area contributed by atoms with Crippen LogP contribution < -0.4 is 20.1 Å². The first kappa shape index (κ1) is 24.7. The van der Waals surface area contributed by atoms with Crippen LogP contribution in [0.2, 0.25) is 5.02 Å². The number of carbonyl (C=O) groups excluding carboxylic acids is 2. The Kier molecular flexibility index (Phi) is 9.65. The van der Waals surface area contributed by atoms with Crippen LogP contribution in [0.1, 0.15) is 17.3 Å². The molecule has 0 aromatic heterocycles. The number of carbonyl (C=O) groups is 2. The smallest absolute Gasteiger partial charge is 0.255 e. The summed E-state index contributed by atoms with van der Waals surface area (Å²) >= 11 is 28.6. The molecule has 2 aromatic rings. The van der Waals surface area contributed by atoms with Crippen molar-refractivity contribution in [1.29, 1.82) is 0 Å². The number of nitrogens with one attached hydrogen (secondary N) is 2. The van der Waals surface area contributed by atoms with Crippen LogP contribution in [0.5, 0.6) is 11.5 Å². The highest BCUT2D eigenvalue weighted by Gasteiger charge is 2.24. The Balaban J connectivity index is 2.31. The summed E-state index contributed by atoms with van der Waals surface area (Å²) in [5, 5.41) is 5.54. The van der Waals surface area contributed by atoms with Crippen molar-refractivity contribution in [1.82, 2.24) is 10.6 Å². The Morgan fingerprint density at radius 1 is 0.933 bits per heavy atom. The summed E-state index contributed by atoms with van der Waals surface area (Å²) in [4.78, 5) is 21.3. The molecule has 2 amide bonds. The third-order valence-electron chi connectivity index (χ3n) is 3.83. The van der Waals surface area contributed by atoms with Gasteiger partial charge in [0.1, 0.15) is 12.8 Å². The van der Waals surface area contributed by atoms with E-state index >= 15 is 0 Å². The molecule has 0 aliphatic heterocycles. The lowest BCUT2D eigenvalue weighted by molar-refractivity contribution is -0.122. The van der Waals surface area contributed by atoms with Gasteiger partial charge in [0.25, 0.3) is 11.8 Å². The summed E-state index contributed by atoms with van der Waals surface area (Å²) < 4.78 is 11.2. The zero-order valence-corrected chi connectivity index (χ0v) is 19.3. The molecule has 6 nitrogen and oxygen atoms in total. The topological polar surface area (TPSA) is 76.7 Å². The van der Waals surface area contributed by atoms with Crippen LogP contribution in [0.3, 0.4) is 0 Å². The predicted molar refractivity (Wildman–Crippen MR) is 119 cm³/mol. The van der Waals surface area contributed by atoms with Gasteiger partial charge in [0.2, 0.25) is 0 Å². The molecule has 0 saturated carbocycles. The zero-order valence-electron chi connectivity index (χ0n) is 15.5. The number of ether oxygens (including phenoxy) is 2. The maximum absolute atomic E-state index is 12.0. The Morgan fingerprint density at radius 2 is 1.53 bits per heavy atom. The SMILES string of the molecule is COc1ccc(C(NC(=O)C(Cl)Cl)NC(=O)C(Cl)Cl)cc1OCc1ccccc1Cl. The van der Waals surface area contributed by atoms with Gasteiger partial charge in [-0.25, -0.2) is 0 Å². The third kappa shape index (κ3) is 7.00. The summed E-state index contributed by atoms with van der Waals surface area (Å²) in [6, 6.07) is 12.0. The van der Waals surface area contributed by atoms with E-state index in [2.05, 4.69) is 10.6 Å². The second-order valence-electron chi connectivity index (χ2n) is 5.84.